The molecule has 3 aromatic rings. The zero-order chi connectivity index (χ0) is 22.6. The number of hydrogen-bond acceptors (Lipinski definition) is 4. The van der Waals surface area contributed by atoms with Gasteiger partial charge in [0.2, 0.25) is 10.0 Å². The lowest BCUT2D eigenvalue weighted by atomic mass is 10.2. The van der Waals surface area contributed by atoms with E-state index >= 15 is 0 Å². The number of aryl methyl sites for hydroxylation is 1. The van der Waals surface area contributed by atoms with Crippen LogP contribution in [0.2, 0.25) is 5.02 Å². The van der Waals surface area contributed by atoms with Gasteiger partial charge in [-0.05, 0) is 50.2 Å². The van der Waals surface area contributed by atoms with Gasteiger partial charge in [0, 0.05) is 27.7 Å². The summed E-state index contributed by atoms with van der Waals surface area (Å²) in [5.41, 5.74) is 6.48. The van der Waals surface area contributed by atoms with Crippen LogP contribution in [0.1, 0.15) is 17.0 Å². The van der Waals surface area contributed by atoms with E-state index < -0.39 is 15.9 Å². The Morgan fingerprint density at radius 3 is 2.48 bits per heavy atom. The van der Waals surface area contributed by atoms with Gasteiger partial charge in [0.1, 0.15) is 6.54 Å². The Labute approximate surface area is 187 Å². The molecule has 0 spiro atoms. The van der Waals surface area contributed by atoms with Crippen molar-refractivity contribution in [2.75, 3.05) is 17.1 Å². The van der Waals surface area contributed by atoms with Gasteiger partial charge in [-0.25, -0.2) is 13.8 Å². The van der Waals surface area contributed by atoms with E-state index in [1.54, 1.807) is 30.3 Å². The maximum Gasteiger partial charge on any atom is 0.260 e. The van der Waals surface area contributed by atoms with E-state index in [0.29, 0.717) is 10.7 Å². The van der Waals surface area contributed by atoms with Gasteiger partial charge in [-0.2, -0.15) is 5.10 Å². The third-order valence-corrected chi connectivity index (χ3v) is 6.04. The molecule has 1 amide bonds. The van der Waals surface area contributed by atoms with Gasteiger partial charge in [-0.3, -0.25) is 9.10 Å². The first kappa shape index (κ1) is 22.6. The van der Waals surface area contributed by atoms with Crippen molar-refractivity contribution in [2.45, 2.75) is 13.8 Å². The molecule has 0 saturated carbocycles. The van der Waals surface area contributed by atoms with Crippen molar-refractivity contribution in [1.29, 1.82) is 0 Å². The highest BCUT2D eigenvalue weighted by molar-refractivity contribution is 7.92. The van der Waals surface area contributed by atoms with E-state index in [1.165, 1.54) is 6.21 Å². The summed E-state index contributed by atoms with van der Waals surface area (Å²) in [5.74, 6) is -0.547. The fourth-order valence-electron chi connectivity index (χ4n) is 3.26. The van der Waals surface area contributed by atoms with Crippen molar-refractivity contribution in [3.05, 3.63) is 82.6 Å². The number of anilines is 1. The number of nitrogens with zero attached hydrogens (tertiary/aromatic N) is 3. The van der Waals surface area contributed by atoms with Gasteiger partial charge < -0.3 is 4.57 Å². The predicted molar refractivity (Wildman–Crippen MR) is 125 cm³/mol. The summed E-state index contributed by atoms with van der Waals surface area (Å²) in [6.45, 7) is 3.53. The molecule has 0 aliphatic rings. The fraction of sp³-hybridized carbons (Fsp3) is 0.182. The first-order valence-corrected chi connectivity index (χ1v) is 11.7. The van der Waals surface area contributed by atoms with Gasteiger partial charge in [0.05, 0.1) is 18.2 Å². The Balaban J connectivity index is 1.73. The Morgan fingerprint density at radius 1 is 1.13 bits per heavy atom. The van der Waals surface area contributed by atoms with Crippen molar-refractivity contribution < 1.29 is 13.2 Å². The second-order valence-corrected chi connectivity index (χ2v) is 9.38. The summed E-state index contributed by atoms with van der Waals surface area (Å²) < 4.78 is 27.3. The number of nitrogens with one attached hydrogen (secondary N) is 1. The molecule has 31 heavy (non-hydrogen) atoms. The SMILES string of the molecule is Cc1cc(/C=N/NC(=O)CN(c2ccccc2)S(C)(=O)=O)c(C)n1-c1cccc(Cl)c1. The number of carbonyl (C=O) groups excluding carboxylic acids is 1. The Hall–Kier alpha value is -3.10. The minimum atomic E-state index is -3.63. The lowest BCUT2D eigenvalue weighted by molar-refractivity contribution is -0.119. The first-order valence-electron chi connectivity index (χ1n) is 9.46. The van der Waals surface area contributed by atoms with Crippen LogP contribution in [0.25, 0.3) is 5.69 Å². The summed E-state index contributed by atoms with van der Waals surface area (Å²) in [6.07, 6.45) is 2.59. The highest BCUT2D eigenvalue weighted by atomic mass is 35.5. The van der Waals surface area contributed by atoms with Crippen molar-refractivity contribution in [2.24, 2.45) is 5.10 Å². The van der Waals surface area contributed by atoms with Crippen molar-refractivity contribution in [3.8, 4) is 5.69 Å². The van der Waals surface area contributed by atoms with Gasteiger partial charge in [0.25, 0.3) is 5.91 Å². The quantitative estimate of drug-likeness (QED) is 0.433. The number of hydrogen-bond donors (Lipinski definition) is 1. The number of hydrazone groups is 1. The average molecular weight is 459 g/mol. The van der Waals surface area contributed by atoms with Gasteiger partial charge >= 0.3 is 0 Å². The number of para-hydroxylation sites is 1. The summed E-state index contributed by atoms with van der Waals surface area (Å²) in [6, 6.07) is 17.9. The van der Waals surface area contributed by atoms with Crippen molar-refractivity contribution >= 4 is 39.4 Å². The average Bonchev–Trinajstić information content (AvgIpc) is 2.99. The van der Waals surface area contributed by atoms with E-state index in [2.05, 4.69) is 10.5 Å². The van der Waals surface area contributed by atoms with E-state index in [0.717, 1.165) is 33.2 Å². The molecule has 3 rings (SSSR count). The second kappa shape index (κ2) is 9.36. The number of sulfonamides is 1. The largest absolute Gasteiger partial charge is 0.318 e. The van der Waals surface area contributed by atoms with Crippen LogP contribution in [-0.4, -0.2) is 37.9 Å². The molecular formula is C22H23ClN4O3S. The Morgan fingerprint density at radius 2 is 1.84 bits per heavy atom. The standard InChI is InChI=1S/C22H23ClN4O3S/c1-16-12-18(17(2)27(16)21-11-7-8-19(23)13-21)14-24-25-22(28)15-26(31(3,29)30)20-9-5-4-6-10-20/h4-14H,15H2,1-3H3,(H,25,28)/b24-14+. The summed E-state index contributed by atoms with van der Waals surface area (Å²) in [7, 11) is -3.63. The number of benzene rings is 2. The van der Waals surface area contributed by atoms with E-state index in [4.69, 9.17) is 11.6 Å². The molecule has 0 radical (unpaired) electrons. The Bertz CT molecular complexity index is 1220. The first-order chi connectivity index (χ1) is 14.7. The van der Waals surface area contributed by atoms with Crippen LogP contribution in [0.3, 0.4) is 0 Å². The summed E-state index contributed by atoms with van der Waals surface area (Å²) in [5, 5.41) is 4.65. The molecule has 7 nitrogen and oxygen atoms in total. The van der Waals surface area contributed by atoms with Crippen LogP contribution in [0.4, 0.5) is 5.69 Å². The number of halogens is 1. The number of rotatable bonds is 7. The normalized spacial score (nSPS) is 11.6. The molecule has 0 atom stereocenters. The molecule has 1 aromatic heterocycles. The topological polar surface area (TPSA) is 83.8 Å². The predicted octanol–water partition coefficient (Wildman–Crippen LogP) is 3.66. The minimum Gasteiger partial charge on any atom is -0.318 e. The van der Waals surface area contributed by atoms with Crippen LogP contribution in [0, 0.1) is 13.8 Å². The highest BCUT2D eigenvalue weighted by Gasteiger charge is 2.20. The number of aromatic nitrogens is 1. The molecule has 0 bridgehead atoms. The van der Waals surface area contributed by atoms with Gasteiger partial charge in [-0.15, -0.1) is 0 Å². The highest BCUT2D eigenvalue weighted by Crippen LogP contribution is 2.22. The van der Waals surface area contributed by atoms with Gasteiger partial charge in [0.15, 0.2) is 0 Å². The van der Waals surface area contributed by atoms with E-state index in [-0.39, 0.29) is 6.54 Å². The molecule has 1 N–H and O–H groups in total. The van der Waals surface area contributed by atoms with Crippen molar-refractivity contribution in [3.63, 3.8) is 0 Å². The lowest BCUT2D eigenvalue weighted by Crippen LogP contribution is -2.38. The molecule has 0 fully saturated rings. The molecule has 0 unspecified atom stereocenters. The molecule has 162 valence electrons. The molecule has 0 saturated heterocycles. The monoisotopic (exact) mass is 458 g/mol. The zero-order valence-corrected chi connectivity index (χ0v) is 19.0. The fourth-order valence-corrected chi connectivity index (χ4v) is 4.31. The number of amides is 1. The maximum atomic E-state index is 12.3. The molecule has 9 heteroatoms. The van der Waals surface area contributed by atoms with Gasteiger partial charge in [-0.1, -0.05) is 35.9 Å². The second-order valence-electron chi connectivity index (χ2n) is 7.04. The summed E-state index contributed by atoms with van der Waals surface area (Å²) >= 11 is 6.11. The summed E-state index contributed by atoms with van der Waals surface area (Å²) in [4.78, 5) is 12.3. The van der Waals surface area contributed by atoms with Crippen LogP contribution in [0.5, 0.6) is 0 Å². The third kappa shape index (κ3) is 5.53. The molecule has 2 aromatic carbocycles. The van der Waals surface area contributed by atoms with E-state index in [9.17, 15) is 13.2 Å². The Kier molecular flexibility index (Phi) is 6.82. The van der Waals surface area contributed by atoms with Crippen LogP contribution < -0.4 is 9.73 Å². The molecular weight excluding hydrogens is 436 g/mol. The van der Waals surface area contributed by atoms with Crippen LogP contribution in [0.15, 0.2) is 65.8 Å². The molecule has 0 aliphatic heterocycles. The molecule has 1 heterocycles. The van der Waals surface area contributed by atoms with Crippen molar-refractivity contribution in [1.82, 2.24) is 9.99 Å². The van der Waals surface area contributed by atoms with Crippen LogP contribution in [-0.2, 0) is 14.8 Å². The molecule has 0 aliphatic carbocycles. The third-order valence-electron chi connectivity index (χ3n) is 4.66. The minimum absolute atomic E-state index is 0.373. The lowest BCUT2D eigenvalue weighted by Gasteiger charge is -2.21. The van der Waals surface area contributed by atoms with E-state index in [1.807, 2.05) is 48.7 Å². The number of carbonyl (C=O) groups is 1. The van der Waals surface area contributed by atoms with Crippen LogP contribution >= 0.6 is 11.6 Å². The smallest absolute Gasteiger partial charge is 0.260 e. The zero-order valence-electron chi connectivity index (χ0n) is 17.4. The maximum absolute atomic E-state index is 12.3.